The highest BCUT2D eigenvalue weighted by atomic mass is 16.3. The van der Waals surface area contributed by atoms with E-state index >= 15 is 0 Å². The quantitative estimate of drug-likeness (QED) is 0.212. The van der Waals surface area contributed by atoms with Crippen LogP contribution < -0.4 is 0 Å². The van der Waals surface area contributed by atoms with E-state index in [1.807, 2.05) is 13.8 Å². The van der Waals surface area contributed by atoms with Crippen molar-refractivity contribution in [3.63, 3.8) is 0 Å². The molecule has 0 aromatic carbocycles. The molecule has 0 aromatic rings. The fourth-order valence-electron chi connectivity index (χ4n) is 4.81. The van der Waals surface area contributed by atoms with Gasteiger partial charge in [-0.05, 0) is 105 Å². The summed E-state index contributed by atoms with van der Waals surface area (Å²) < 4.78 is 0. The van der Waals surface area contributed by atoms with Gasteiger partial charge in [0.25, 0.3) is 0 Å². The lowest BCUT2D eigenvalue weighted by atomic mass is 9.72. The minimum atomic E-state index is -0.574. The highest BCUT2D eigenvalue weighted by Crippen LogP contribution is 2.40. The molecule has 224 valence electrons. The average molecular weight is 555 g/mol. The second kappa shape index (κ2) is 18.5. The third-order valence-corrected chi connectivity index (χ3v) is 7.42. The molecule has 0 amide bonds. The number of allylic oxidation sites excluding steroid dienone is 22. The van der Waals surface area contributed by atoms with Gasteiger partial charge in [-0.1, -0.05) is 138 Å². The van der Waals surface area contributed by atoms with Crippen molar-refractivity contribution in [3.05, 3.63) is 130 Å². The van der Waals surface area contributed by atoms with Crippen LogP contribution in [0, 0.1) is 5.41 Å². The molecule has 0 spiro atoms. The smallest absolute Gasteiger partial charge is 0.0591 e. The molecule has 0 unspecified atom stereocenters. The van der Waals surface area contributed by atoms with E-state index in [0.717, 1.165) is 19.3 Å². The highest BCUT2D eigenvalue weighted by molar-refractivity contribution is 5.37. The Kier molecular flexibility index (Phi) is 16.3. The second-order valence-electron chi connectivity index (χ2n) is 13.0. The lowest BCUT2D eigenvalue weighted by Crippen LogP contribution is -2.19. The van der Waals surface area contributed by atoms with E-state index in [1.54, 1.807) is 5.57 Å². The van der Waals surface area contributed by atoms with E-state index in [0.29, 0.717) is 0 Å². The molecule has 0 aliphatic heterocycles. The standard InChI is InChI=1S/C40H58O/c1-32(20-13-22-34(3)23-14-24-35(4)26-16-31-40(9,10)41)18-11-12-19-33(2)21-15-25-36(5)28-29-38-37(6)27-17-30-39(38,7)8/h11-15,18-25,28-29,41H,16-17,26-27,30-31H2,1-10H3/b12-11+,20-13+,21-15+,23-14+,29-28+,32-18+,33-19+,34-22+,35-24?,36-25+. The minimum absolute atomic E-state index is 0.285. The third-order valence-electron chi connectivity index (χ3n) is 7.42. The Hall–Kier alpha value is -2.90. The molecule has 1 nitrogen and oxygen atoms in total. The van der Waals surface area contributed by atoms with Crippen molar-refractivity contribution in [3.8, 4) is 0 Å². The van der Waals surface area contributed by atoms with Gasteiger partial charge in [0.1, 0.15) is 0 Å². The van der Waals surface area contributed by atoms with Crippen LogP contribution >= 0.6 is 0 Å². The SMILES string of the molecule is CC(=C/C=C/C(C)=C/C=C/C(C)=C/C=C/C=C(C)/C=C/C=C(C)/C=C/C1=C(C)CCCC1(C)C)CCCC(C)(C)O. The second-order valence-corrected chi connectivity index (χ2v) is 13.0. The van der Waals surface area contributed by atoms with Gasteiger partial charge in [0, 0.05) is 0 Å². The highest BCUT2D eigenvalue weighted by Gasteiger charge is 2.26. The minimum Gasteiger partial charge on any atom is -0.390 e. The molecular weight excluding hydrogens is 496 g/mol. The van der Waals surface area contributed by atoms with Crippen molar-refractivity contribution in [1.29, 1.82) is 0 Å². The zero-order valence-corrected chi connectivity index (χ0v) is 27.9. The van der Waals surface area contributed by atoms with E-state index < -0.39 is 5.60 Å². The maximum atomic E-state index is 9.82. The van der Waals surface area contributed by atoms with Crippen molar-refractivity contribution in [2.75, 3.05) is 0 Å². The topological polar surface area (TPSA) is 20.2 Å². The van der Waals surface area contributed by atoms with Gasteiger partial charge < -0.3 is 5.11 Å². The normalized spacial score (nSPS) is 19.0. The molecule has 1 aliphatic carbocycles. The van der Waals surface area contributed by atoms with Crippen molar-refractivity contribution in [2.45, 2.75) is 113 Å². The Balaban J connectivity index is 2.56. The summed E-state index contributed by atoms with van der Waals surface area (Å²) in [5.74, 6) is 0. The van der Waals surface area contributed by atoms with E-state index in [9.17, 15) is 5.11 Å². The molecule has 0 atom stereocenters. The molecule has 0 aromatic heterocycles. The fourth-order valence-corrected chi connectivity index (χ4v) is 4.81. The van der Waals surface area contributed by atoms with Crippen LogP contribution in [0.5, 0.6) is 0 Å². The van der Waals surface area contributed by atoms with E-state index in [-0.39, 0.29) is 5.41 Å². The van der Waals surface area contributed by atoms with E-state index in [2.05, 4.69) is 147 Å². The van der Waals surface area contributed by atoms with Crippen molar-refractivity contribution < 1.29 is 5.11 Å². The molecule has 1 aliphatic rings. The summed E-state index contributed by atoms with van der Waals surface area (Å²) in [6, 6.07) is 0. The van der Waals surface area contributed by atoms with Crippen LogP contribution in [0.2, 0.25) is 0 Å². The number of aliphatic hydroxyl groups is 1. The first kappa shape index (κ1) is 36.1. The Morgan fingerprint density at radius 3 is 1.68 bits per heavy atom. The molecule has 1 N–H and O–H groups in total. The first-order valence-corrected chi connectivity index (χ1v) is 15.4. The van der Waals surface area contributed by atoms with Crippen LogP contribution in [0.4, 0.5) is 0 Å². The Labute approximate surface area is 253 Å². The van der Waals surface area contributed by atoms with Crippen molar-refractivity contribution >= 4 is 0 Å². The summed E-state index contributed by atoms with van der Waals surface area (Å²) in [5, 5.41) is 9.82. The van der Waals surface area contributed by atoms with Crippen LogP contribution in [0.3, 0.4) is 0 Å². The lowest BCUT2D eigenvalue weighted by molar-refractivity contribution is 0.0689. The summed E-state index contributed by atoms with van der Waals surface area (Å²) in [6.07, 6.45) is 38.9. The van der Waals surface area contributed by atoms with E-state index in [1.165, 1.54) is 52.7 Å². The van der Waals surface area contributed by atoms with Crippen LogP contribution in [0.15, 0.2) is 130 Å². The predicted octanol–water partition coefficient (Wildman–Crippen LogP) is 12.0. The molecule has 0 radical (unpaired) electrons. The van der Waals surface area contributed by atoms with Gasteiger partial charge in [-0.2, -0.15) is 0 Å². The Morgan fingerprint density at radius 2 is 1.20 bits per heavy atom. The van der Waals surface area contributed by atoms with Gasteiger partial charge in [0.15, 0.2) is 0 Å². The molecule has 1 heteroatoms. The van der Waals surface area contributed by atoms with E-state index in [4.69, 9.17) is 0 Å². The summed E-state index contributed by atoms with van der Waals surface area (Å²) in [5.41, 5.74) is 9.00. The first-order valence-electron chi connectivity index (χ1n) is 15.4. The van der Waals surface area contributed by atoms with Crippen LogP contribution in [-0.4, -0.2) is 10.7 Å². The Bertz CT molecular complexity index is 1170. The molecule has 0 saturated carbocycles. The summed E-state index contributed by atoms with van der Waals surface area (Å²) in [6.45, 7) is 21.4. The fraction of sp³-hybridized carbons (Fsp3) is 0.450. The maximum Gasteiger partial charge on any atom is 0.0591 e. The molecule has 41 heavy (non-hydrogen) atoms. The largest absolute Gasteiger partial charge is 0.390 e. The van der Waals surface area contributed by atoms with Crippen LogP contribution in [0.25, 0.3) is 0 Å². The molecule has 0 fully saturated rings. The summed E-state index contributed by atoms with van der Waals surface area (Å²) in [7, 11) is 0. The zero-order valence-electron chi connectivity index (χ0n) is 27.9. The number of hydrogen-bond donors (Lipinski definition) is 1. The predicted molar refractivity (Wildman–Crippen MR) is 185 cm³/mol. The summed E-state index contributed by atoms with van der Waals surface area (Å²) in [4.78, 5) is 0. The van der Waals surface area contributed by atoms with Gasteiger partial charge in [0.2, 0.25) is 0 Å². The van der Waals surface area contributed by atoms with Gasteiger partial charge in [-0.3, -0.25) is 0 Å². The molecular formula is C40H58O. The zero-order chi connectivity index (χ0) is 30.9. The van der Waals surface area contributed by atoms with Gasteiger partial charge in [-0.15, -0.1) is 0 Å². The summed E-state index contributed by atoms with van der Waals surface area (Å²) >= 11 is 0. The maximum absolute atomic E-state index is 9.82. The molecule has 0 bridgehead atoms. The van der Waals surface area contributed by atoms with Crippen molar-refractivity contribution in [2.24, 2.45) is 5.41 Å². The first-order chi connectivity index (χ1) is 19.2. The molecule has 1 rings (SSSR count). The van der Waals surface area contributed by atoms with Crippen molar-refractivity contribution in [1.82, 2.24) is 0 Å². The van der Waals surface area contributed by atoms with Gasteiger partial charge in [0.05, 0.1) is 5.60 Å². The monoisotopic (exact) mass is 554 g/mol. The lowest BCUT2D eigenvalue weighted by Gasteiger charge is -2.32. The number of rotatable bonds is 14. The average Bonchev–Trinajstić information content (AvgIpc) is 2.85. The third kappa shape index (κ3) is 17.5. The molecule has 0 heterocycles. The van der Waals surface area contributed by atoms with Crippen LogP contribution in [0.1, 0.15) is 108 Å². The van der Waals surface area contributed by atoms with Crippen LogP contribution in [-0.2, 0) is 0 Å². The molecule has 0 saturated heterocycles. The van der Waals surface area contributed by atoms with Gasteiger partial charge in [-0.25, -0.2) is 0 Å². The number of hydrogen-bond acceptors (Lipinski definition) is 1. The van der Waals surface area contributed by atoms with Gasteiger partial charge >= 0.3 is 0 Å². The Morgan fingerprint density at radius 1 is 0.732 bits per heavy atom.